The number of benzene rings is 1. The number of nitrogens with zero attached hydrogens (tertiary/aromatic N) is 7. The lowest BCUT2D eigenvalue weighted by Gasteiger charge is -2.33. The number of nitriles is 1. The number of aromatic nitrogens is 4. The van der Waals surface area contributed by atoms with Gasteiger partial charge >= 0.3 is 0 Å². The third-order valence-corrected chi connectivity index (χ3v) is 6.56. The van der Waals surface area contributed by atoms with Gasteiger partial charge in [0.05, 0.1) is 30.1 Å². The van der Waals surface area contributed by atoms with Gasteiger partial charge in [0.2, 0.25) is 0 Å². The highest BCUT2D eigenvalue weighted by atomic mass is 35.5. The van der Waals surface area contributed by atoms with Gasteiger partial charge in [-0.3, -0.25) is 4.68 Å². The first kappa shape index (κ1) is 26.5. The highest BCUT2D eigenvalue weighted by Crippen LogP contribution is 2.31. The Hall–Kier alpha value is -3.60. The summed E-state index contributed by atoms with van der Waals surface area (Å²) >= 11 is 12.5. The largest absolute Gasteiger partial charge is 0.355 e. The molecular weight excluding hydrogens is 505 g/mol. The number of hydrogen-bond donors (Lipinski definition) is 0. The molecular formula is C28H29Cl2N7. The molecule has 37 heavy (non-hydrogen) atoms. The molecule has 0 unspecified atom stereocenters. The summed E-state index contributed by atoms with van der Waals surface area (Å²) < 4.78 is 1.83. The molecule has 190 valence electrons. The first-order valence-corrected chi connectivity index (χ1v) is 12.7. The van der Waals surface area contributed by atoms with Gasteiger partial charge in [-0.1, -0.05) is 67.4 Å². The van der Waals surface area contributed by atoms with Gasteiger partial charge in [0.25, 0.3) is 0 Å². The zero-order valence-corrected chi connectivity index (χ0v) is 23.1. The van der Waals surface area contributed by atoms with Crippen molar-refractivity contribution in [2.75, 3.05) is 11.9 Å². The van der Waals surface area contributed by atoms with Crippen LogP contribution < -0.4 is 4.90 Å². The standard InChI is InChI=1S/C28H29Cl2N7/c1-18(2)23-13-21(32-28-27(23)19(3)34-36(28)5)17-35(4)26(11-12-31)37(16-20-9-7-6-8-10-20)22-14-24(29)33-25(30)15-22/h6-11,13-15,18H,16-17H2,1-5H3/b26-11+. The molecule has 0 aliphatic heterocycles. The second-order valence-electron chi connectivity index (χ2n) is 9.30. The zero-order chi connectivity index (χ0) is 26.7. The Morgan fingerprint density at radius 3 is 2.38 bits per heavy atom. The van der Waals surface area contributed by atoms with Gasteiger partial charge < -0.3 is 9.80 Å². The second kappa shape index (κ2) is 11.2. The van der Waals surface area contributed by atoms with Crippen molar-refractivity contribution < 1.29 is 0 Å². The molecule has 1 aromatic carbocycles. The summed E-state index contributed by atoms with van der Waals surface area (Å²) in [4.78, 5) is 13.1. The Morgan fingerprint density at radius 2 is 1.76 bits per heavy atom. The van der Waals surface area contributed by atoms with Crippen LogP contribution in [0.15, 0.2) is 60.4 Å². The van der Waals surface area contributed by atoms with Crippen LogP contribution in [0.25, 0.3) is 11.0 Å². The summed E-state index contributed by atoms with van der Waals surface area (Å²) in [6.07, 6.45) is 1.53. The number of rotatable bonds is 8. The van der Waals surface area contributed by atoms with Crippen molar-refractivity contribution in [1.29, 1.82) is 5.26 Å². The molecule has 0 aliphatic carbocycles. The van der Waals surface area contributed by atoms with Crippen molar-refractivity contribution in [2.45, 2.75) is 39.8 Å². The molecule has 7 nitrogen and oxygen atoms in total. The molecule has 0 radical (unpaired) electrons. The minimum Gasteiger partial charge on any atom is -0.355 e. The first-order valence-electron chi connectivity index (χ1n) is 12.0. The molecule has 0 saturated heterocycles. The van der Waals surface area contributed by atoms with Crippen molar-refractivity contribution in [3.05, 3.63) is 93.2 Å². The lowest BCUT2D eigenvalue weighted by Crippen LogP contribution is -2.33. The normalized spacial score (nSPS) is 11.7. The quantitative estimate of drug-likeness (QED) is 0.187. The third kappa shape index (κ3) is 5.87. The van der Waals surface area contributed by atoms with E-state index in [2.05, 4.69) is 36.1 Å². The van der Waals surface area contributed by atoms with Crippen LogP contribution in [-0.2, 0) is 20.1 Å². The molecule has 0 N–H and O–H groups in total. The van der Waals surface area contributed by atoms with E-state index in [4.69, 9.17) is 28.2 Å². The first-order chi connectivity index (χ1) is 17.7. The van der Waals surface area contributed by atoms with Crippen LogP contribution in [0.1, 0.15) is 42.3 Å². The Morgan fingerprint density at radius 1 is 1.08 bits per heavy atom. The van der Waals surface area contributed by atoms with Crippen LogP contribution in [0.2, 0.25) is 10.3 Å². The number of fused-ring (bicyclic) bond motifs is 1. The lowest BCUT2D eigenvalue weighted by atomic mass is 9.99. The van der Waals surface area contributed by atoms with Crippen LogP contribution in [0, 0.1) is 18.3 Å². The average Bonchev–Trinajstić information content (AvgIpc) is 3.13. The summed E-state index contributed by atoms with van der Waals surface area (Å²) in [5.74, 6) is 0.987. The molecule has 0 spiro atoms. The summed E-state index contributed by atoms with van der Waals surface area (Å²) in [7, 11) is 3.86. The average molecular weight is 534 g/mol. The topological polar surface area (TPSA) is 73.9 Å². The minimum atomic E-state index is 0.278. The molecule has 9 heteroatoms. The molecule has 0 fully saturated rings. The Labute approximate surface area is 227 Å². The van der Waals surface area contributed by atoms with Gasteiger partial charge in [0, 0.05) is 31.7 Å². The van der Waals surface area contributed by atoms with E-state index in [-0.39, 0.29) is 10.3 Å². The highest BCUT2D eigenvalue weighted by molar-refractivity contribution is 6.32. The maximum absolute atomic E-state index is 9.75. The fourth-order valence-electron chi connectivity index (χ4n) is 4.52. The van der Waals surface area contributed by atoms with Crippen LogP contribution in [0.4, 0.5) is 5.69 Å². The summed E-state index contributed by atoms with van der Waals surface area (Å²) in [6.45, 7) is 7.34. The van der Waals surface area contributed by atoms with Gasteiger partial charge in [-0.25, -0.2) is 9.97 Å². The Kier molecular flexibility index (Phi) is 8.01. The number of allylic oxidation sites excluding steroid dienone is 1. The zero-order valence-electron chi connectivity index (χ0n) is 21.6. The van der Waals surface area contributed by atoms with Gasteiger partial charge in [-0.05, 0) is 42.2 Å². The number of pyridine rings is 2. The Balaban J connectivity index is 1.77. The van der Waals surface area contributed by atoms with E-state index in [9.17, 15) is 5.26 Å². The van der Waals surface area contributed by atoms with E-state index in [1.807, 2.05) is 65.8 Å². The highest BCUT2D eigenvalue weighted by Gasteiger charge is 2.21. The van der Waals surface area contributed by atoms with Crippen molar-refractivity contribution in [2.24, 2.45) is 7.05 Å². The second-order valence-corrected chi connectivity index (χ2v) is 10.1. The summed E-state index contributed by atoms with van der Waals surface area (Å²) in [5.41, 5.74) is 5.71. The molecule has 0 amide bonds. The van der Waals surface area contributed by atoms with Gasteiger partial charge in [0.1, 0.15) is 16.1 Å². The molecule has 0 saturated carbocycles. The maximum atomic E-state index is 9.75. The monoisotopic (exact) mass is 533 g/mol. The predicted molar refractivity (Wildman–Crippen MR) is 149 cm³/mol. The predicted octanol–water partition coefficient (Wildman–Crippen LogP) is 6.61. The van der Waals surface area contributed by atoms with E-state index in [1.54, 1.807) is 12.1 Å². The van der Waals surface area contributed by atoms with Crippen LogP contribution in [0.5, 0.6) is 0 Å². The number of aryl methyl sites for hydroxylation is 2. The van der Waals surface area contributed by atoms with Crippen LogP contribution in [-0.4, -0.2) is 31.7 Å². The molecule has 4 aromatic rings. The number of halogens is 2. The fourth-order valence-corrected chi connectivity index (χ4v) is 4.97. The van der Waals surface area contributed by atoms with Crippen LogP contribution in [0.3, 0.4) is 0 Å². The SMILES string of the molecule is Cc1nn(C)c2nc(CN(C)/C(=C\C#N)N(Cc3ccccc3)c3cc(Cl)nc(Cl)c3)cc(C(C)C)c12. The summed E-state index contributed by atoms with van der Waals surface area (Å²) in [6, 6.07) is 17.9. The smallest absolute Gasteiger partial charge is 0.158 e. The molecule has 0 bridgehead atoms. The van der Waals surface area contributed by atoms with E-state index >= 15 is 0 Å². The molecule has 4 rings (SSSR count). The maximum Gasteiger partial charge on any atom is 0.158 e. The van der Waals surface area contributed by atoms with E-state index in [0.29, 0.717) is 24.8 Å². The third-order valence-electron chi connectivity index (χ3n) is 6.18. The number of anilines is 1. The summed E-state index contributed by atoms with van der Waals surface area (Å²) in [5, 5.41) is 16.0. The van der Waals surface area contributed by atoms with Crippen molar-refractivity contribution in [3.63, 3.8) is 0 Å². The van der Waals surface area contributed by atoms with Crippen molar-refractivity contribution >= 4 is 39.9 Å². The Bertz CT molecular complexity index is 1470. The minimum absolute atomic E-state index is 0.278. The van der Waals surface area contributed by atoms with Crippen LogP contribution >= 0.6 is 23.2 Å². The molecule has 0 aliphatic rings. The molecule has 0 atom stereocenters. The molecule has 3 heterocycles. The van der Waals surface area contributed by atoms with Gasteiger partial charge in [0.15, 0.2) is 5.65 Å². The van der Waals surface area contributed by atoms with Crippen molar-refractivity contribution in [1.82, 2.24) is 24.6 Å². The van der Waals surface area contributed by atoms with Crippen molar-refractivity contribution in [3.8, 4) is 6.07 Å². The van der Waals surface area contributed by atoms with Gasteiger partial charge in [-0.15, -0.1) is 0 Å². The van der Waals surface area contributed by atoms with E-state index < -0.39 is 0 Å². The van der Waals surface area contributed by atoms with E-state index in [0.717, 1.165) is 33.7 Å². The van der Waals surface area contributed by atoms with E-state index in [1.165, 1.54) is 11.6 Å². The molecule has 3 aromatic heterocycles. The van der Waals surface area contributed by atoms with Gasteiger partial charge in [-0.2, -0.15) is 10.4 Å². The number of hydrogen-bond acceptors (Lipinski definition) is 6. The fraction of sp³-hybridized carbons (Fsp3) is 0.286. The lowest BCUT2D eigenvalue weighted by molar-refractivity contribution is 0.390.